The van der Waals surface area contributed by atoms with Gasteiger partial charge in [-0.2, -0.15) is 5.26 Å². The number of ether oxygens (including phenoxy) is 1. The monoisotopic (exact) mass is 184 g/mol. The zero-order valence-corrected chi connectivity index (χ0v) is 8.33. The van der Waals surface area contributed by atoms with Crippen molar-refractivity contribution < 1.29 is 9.53 Å². The van der Waals surface area contributed by atoms with E-state index in [1.54, 1.807) is 6.92 Å². The lowest BCUT2D eigenvalue weighted by Gasteiger charge is -2.14. The summed E-state index contributed by atoms with van der Waals surface area (Å²) >= 11 is 0. The normalized spacial score (nSPS) is 14.3. The Morgan fingerprint density at radius 3 is 2.69 bits per heavy atom. The summed E-state index contributed by atoms with van der Waals surface area (Å²) in [6, 6.07) is 1.83. The van der Waals surface area contributed by atoms with E-state index in [1.807, 2.05) is 19.9 Å². The molecule has 0 heterocycles. The van der Waals surface area contributed by atoms with Gasteiger partial charge in [0.25, 0.3) is 0 Å². The molecule has 0 rings (SSSR count). The Labute approximate surface area is 78.9 Å². The minimum Gasteiger partial charge on any atom is -0.380 e. The zero-order valence-electron chi connectivity index (χ0n) is 8.33. The number of amides is 1. The summed E-state index contributed by atoms with van der Waals surface area (Å²) in [7, 11) is 0. The van der Waals surface area contributed by atoms with Crippen LogP contribution in [-0.2, 0) is 9.53 Å². The van der Waals surface area contributed by atoms with Crippen molar-refractivity contribution in [3.8, 4) is 6.07 Å². The van der Waals surface area contributed by atoms with Gasteiger partial charge in [-0.15, -0.1) is 0 Å². The van der Waals surface area contributed by atoms with E-state index in [1.165, 1.54) is 0 Å². The fourth-order valence-corrected chi connectivity index (χ4v) is 0.763. The Morgan fingerprint density at radius 1 is 1.62 bits per heavy atom. The third-order valence-corrected chi connectivity index (χ3v) is 1.55. The highest BCUT2D eigenvalue weighted by Gasteiger charge is 2.13. The van der Waals surface area contributed by atoms with Crippen LogP contribution in [0.2, 0.25) is 0 Å². The summed E-state index contributed by atoms with van der Waals surface area (Å²) in [5.74, 6) is -0.834. The highest BCUT2D eigenvalue weighted by Crippen LogP contribution is 1.93. The molecule has 4 nitrogen and oxygen atoms in total. The van der Waals surface area contributed by atoms with Crippen LogP contribution in [0.15, 0.2) is 0 Å². The zero-order chi connectivity index (χ0) is 10.3. The Kier molecular flexibility index (Phi) is 5.90. The van der Waals surface area contributed by atoms with Gasteiger partial charge in [-0.05, 0) is 20.8 Å². The maximum atomic E-state index is 11.2. The van der Waals surface area contributed by atoms with E-state index in [4.69, 9.17) is 10.00 Å². The molecule has 0 aliphatic heterocycles. The molecule has 0 bridgehead atoms. The van der Waals surface area contributed by atoms with Gasteiger partial charge in [0.1, 0.15) is 5.92 Å². The fourth-order valence-electron chi connectivity index (χ4n) is 0.763. The Balaban J connectivity index is 3.72. The van der Waals surface area contributed by atoms with Gasteiger partial charge >= 0.3 is 0 Å². The second kappa shape index (κ2) is 6.44. The minimum atomic E-state index is -0.593. The van der Waals surface area contributed by atoms with Gasteiger partial charge in [0.05, 0.1) is 12.7 Å². The van der Waals surface area contributed by atoms with Crippen LogP contribution in [-0.4, -0.2) is 25.2 Å². The molecule has 0 aromatic carbocycles. The van der Waals surface area contributed by atoms with Crippen molar-refractivity contribution in [2.45, 2.75) is 26.8 Å². The number of carbonyl (C=O) groups is 1. The molecule has 0 aliphatic carbocycles. The summed E-state index contributed by atoms with van der Waals surface area (Å²) < 4.78 is 5.11. The summed E-state index contributed by atoms with van der Waals surface area (Å²) in [5.41, 5.74) is 0. The quantitative estimate of drug-likeness (QED) is 0.683. The molecule has 74 valence electrons. The molecular weight excluding hydrogens is 168 g/mol. The molecular formula is C9H16N2O2. The molecule has 1 amide bonds. The third kappa shape index (κ3) is 5.21. The van der Waals surface area contributed by atoms with Crippen molar-refractivity contribution in [3.63, 3.8) is 0 Å². The SMILES string of the molecule is CCOCC(C)NC(=O)C(C)C#N. The first-order chi connectivity index (χ1) is 6.11. The summed E-state index contributed by atoms with van der Waals surface area (Å²) in [6.45, 7) is 6.43. The Hall–Kier alpha value is -1.08. The second-order valence-electron chi connectivity index (χ2n) is 2.92. The Morgan fingerprint density at radius 2 is 2.23 bits per heavy atom. The van der Waals surface area contributed by atoms with Crippen molar-refractivity contribution in [3.05, 3.63) is 0 Å². The number of hydrogen-bond donors (Lipinski definition) is 1. The van der Waals surface area contributed by atoms with Crippen LogP contribution in [0.25, 0.3) is 0 Å². The molecule has 13 heavy (non-hydrogen) atoms. The van der Waals surface area contributed by atoms with Crippen molar-refractivity contribution in [2.24, 2.45) is 5.92 Å². The van der Waals surface area contributed by atoms with Gasteiger partial charge in [-0.3, -0.25) is 4.79 Å². The van der Waals surface area contributed by atoms with Gasteiger partial charge in [0.15, 0.2) is 0 Å². The molecule has 0 aliphatic rings. The molecule has 4 heteroatoms. The topological polar surface area (TPSA) is 62.1 Å². The average molecular weight is 184 g/mol. The lowest BCUT2D eigenvalue weighted by atomic mass is 10.2. The van der Waals surface area contributed by atoms with Gasteiger partial charge < -0.3 is 10.1 Å². The molecule has 0 saturated heterocycles. The molecule has 0 saturated carbocycles. The van der Waals surface area contributed by atoms with Crippen LogP contribution in [0, 0.1) is 17.2 Å². The number of nitriles is 1. The number of hydrogen-bond acceptors (Lipinski definition) is 3. The van der Waals surface area contributed by atoms with Crippen LogP contribution in [0.1, 0.15) is 20.8 Å². The molecule has 0 aromatic rings. The highest BCUT2D eigenvalue weighted by atomic mass is 16.5. The van der Waals surface area contributed by atoms with Gasteiger partial charge in [-0.1, -0.05) is 0 Å². The fraction of sp³-hybridized carbons (Fsp3) is 0.778. The Bertz CT molecular complexity index is 198. The van der Waals surface area contributed by atoms with E-state index in [-0.39, 0.29) is 11.9 Å². The highest BCUT2D eigenvalue weighted by molar-refractivity contribution is 5.80. The minimum absolute atomic E-state index is 0.0387. The predicted molar refractivity (Wildman–Crippen MR) is 48.9 cm³/mol. The van der Waals surface area contributed by atoms with Crippen molar-refractivity contribution in [2.75, 3.05) is 13.2 Å². The van der Waals surface area contributed by atoms with Crippen LogP contribution in [0.4, 0.5) is 0 Å². The first-order valence-corrected chi connectivity index (χ1v) is 4.39. The van der Waals surface area contributed by atoms with E-state index in [9.17, 15) is 4.79 Å². The van der Waals surface area contributed by atoms with Crippen LogP contribution in [0.3, 0.4) is 0 Å². The molecule has 1 N–H and O–H groups in total. The van der Waals surface area contributed by atoms with Crippen LogP contribution >= 0.6 is 0 Å². The van der Waals surface area contributed by atoms with Gasteiger partial charge in [0.2, 0.25) is 5.91 Å². The van der Waals surface area contributed by atoms with Crippen molar-refractivity contribution in [1.82, 2.24) is 5.32 Å². The first kappa shape index (κ1) is 11.9. The summed E-state index contributed by atoms with van der Waals surface area (Å²) in [4.78, 5) is 11.2. The van der Waals surface area contributed by atoms with E-state index < -0.39 is 5.92 Å². The first-order valence-electron chi connectivity index (χ1n) is 4.39. The van der Waals surface area contributed by atoms with Crippen molar-refractivity contribution >= 4 is 5.91 Å². The van der Waals surface area contributed by atoms with E-state index >= 15 is 0 Å². The third-order valence-electron chi connectivity index (χ3n) is 1.55. The smallest absolute Gasteiger partial charge is 0.237 e. The van der Waals surface area contributed by atoms with Crippen molar-refractivity contribution in [1.29, 1.82) is 5.26 Å². The van der Waals surface area contributed by atoms with Gasteiger partial charge in [-0.25, -0.2) is 0 Å². The number of carbonyl (C=O) groups excluding carboxylic acids is 1. The van der Waals surface area contributed by atoms with Crippen LogP contribution < -0.4 is 5.32 Å². The van der Waals surface area contributed by atoms with E-state index in [0.717, 1.165) is 0 Å². The van der Waals surface area contributed by atoms with E-state index in [2.05, 4.69) is 5.32 Å². The standard InChI is InChI=1S/C9H16N2O2/c1-4-13-6-8(3)11-9(12)7(2)5-10/h7-8H,4,6H2,1-3H3,(H,11,12). The van der Waals surface area contributed by atoms with E-state index in [0.29, 0.717) is 13.2 Å². The number of nitrogens with zero attached hydrogens (tertiary/aromatic N) is 1. The molecule has 0 fully saturated rings. The average Bonchev–Trinajstić information content (AvgIpc) is 2.13. The predicted octanol–water partition coefficient (Wildman–Crippen LogP) is 0.687. The summed E-state index contributed by atoms with van der Waals surface area (Å²) in [5, 5.41) is 11.1. The molecule has 0 aromatic heterocycles. The maximum Gasteiger partial charge on any atom is 0.237 e. The number of rotatable bonds is 5. The lowest BCUT2D eigenvalue weighted by Crippen LogP contribution is -2.38. The second-order valence-corrected chi connectivity index (χ2v) is 2.92. The summed E-state index contributed by atoms with van der Waals surface area (Å²) in [6.07, 6.45) is 0. The lowest BCUT2D eigenvalue weighted by molar-refractivity contribution is -0.124. The van der Waals surface area contributed by atoms with Gasteiger partial charge in [0, 0.05) is 12.6 Å². The largest absolute Gasteiger partial charge is 0.380 e. The van der Waals surface area contributed by atoms with Crippen LogP contribution in [0.5, 0.6) is 0 Å². The molecule has 0 radical (unpaired) electrons. The molecule has 2 atom stereocenters. The molecule has 2 unspecified atom stereocenters. The maximum absolute atomic E-state index is 11.2. The molecule has 0 spiro atoms. The number of nitrogens with one attached hydrogen (secondary N) is 1.